The molecule has 1 atom stereocenters. The molecule has 0 saturated carbocycles. The van der Waals surface area contributed by atoms with Crippen molar-refractivity contribution in [1.29, 1.82) is 0 Å². The van der Waals surface area contributed by atoms with Crippen molar-refractivity contribution in [3.63, 3.8) is 0 Å². The molecule has 8 heteroatoms. The van der Waals surface area contributed by atoms with E-state index in [1.54, 1.807) is 23.0 Å². The van der Waals surface area contributed by atoms with E-state index in [-0.39, 0.29) is 30.3 Å². The van der Waals surface area contributed by atoms with Crippen molar-refractivity contribution < 1.29 is 19.1 Å². The van der Waals surface area contributed by atoms with Gasteiger partial charge in [-0.05, 0) is 69.0 Å². The average Bonchev–Trinajstić information content (AvgIpc) is 2.90. The van der Waals surface area contributed by atoms with E-state index >= 15 is 0 Å². The van der Waals surface area contributed by atoms with Crippen LogP contribution in [0, 0.1) is 0 Å². The molecule has 0 radical (unpaired) electrons. The number of benzene rings is 2. The Hall–Kier alpha value is -3.55. The first-order valence-corrected chi connectivity index (χ1v) is 12.4. The van der Waals surface area contributed by atoms with Crippen LogP contribution < -0.4 is 19.9 Å². The molecule has 0 unspecified atom stereocenters. The highest BCUT2D eigenvalue weighted by atomic mass is 16.5. The van der Waals surface area contributed by atoms with Crippen LogP contribution in [-0.4, -0.2) is 62.0 Å². The molecule has 186 valence electrons. The lowest BCUT2D eigenvalue weighted by molar-refractivity contribution is -0.125. The first-order chi connectivity index (χ1) is 17.0. The minimum Gasteiger partial charge on any atom is -0.497 e. The quantitative estimate of drug-likeness (QED) is 0.630. The van der Waals surface area contributed by atoms with Gasteiger partial charge in [-0.25, -0.2) is 0 Å². The summed E-state index contributed by atoms with van der Waals surface area (Å²) in [4.78, 5) is 44.9. The second kappa shape index (κ2) is 10.8. The summed E-state index contributed by atoms with van der Waals surface area (Å²) in [6.07, 6.45) is 2.77. The average molecular weight is 479 g/mol. The summed E-state index contributed by atoms with van der Waals surface area (Å²) in [5.74, 6) is 0.353. The molecule has 2 aromatic carbocycles. The number of carbonyl (C=O) groups excluding carboxylic acids is 3. The van der Waals surface area contributed by atoms with Gasteiger partial charge in [0.1, 0.15) is 18.3 Å². The fourth-order valence-electron chi connectivity index (χ4n) is 4.89. The van der Waals surface area contributed by atoms with Crippen molar-refractivity contribution in [3.05, 3.63) is 53.6 Å². The molecule has 1 N–H and O–H groups in total. The van der Waals surface area contributed by atoms with Gasteiger partial charge in [-0.3, -0.25) is 19.3 Å². The van der Waals surface area contributed by atoms with Crippen molar-refractivity contribution in [1.82, 2.24) is 10.2 Å². The molecule has 2 aromatic rings. The van der Waals surface area contributed by atoms with Gasteiger partial charge >= 0.3 is 0 Å². The third-order valence-electron chi connectivity index (χ3n) is 6.88. The van der Waals surface area contributed by atoms with Crippen LogP contribution in [0.15, 0.2) is 42.5 Å². The molecule has 2 aliphatic rings. The van der Waals surface area contributed by atoms with E-state index in [1.165, 1.54) is 0 Å². The highest BCUT2D eigenvalue weighted by Gasteiger charge is 2.40. The smallest absolute Gasteiger partial charge is 0.253 e. The van der Waals surface area contributed by atoms with Crippen molar-refractivity contribution >= 4 is 29.1 Å². The molecule has 1 fully saturated rings. The minimum absolute atomic E-state index is 0.0741. The monoisotopic (exact) mass is 478 g/mol. The van der Waals surface area contributed by atoms with Gasteiger partial charge in [0, 0.05) is 31.7 Å². The number of anilines is 2. The second-order valence-corrected chi connectivity index (χ2v) is 8.94. The third-order valence-corrected chi connectivity index (χ3v) is 6.88. The number of nitrogens with zero attached hydrogens (tertiary/aromatic N) is 3. The molecule has 4 rings (SSSR count). The maximum absolute atomic E-state index is 13.5. The highest BCUT2D eigenvalue weighted by Crippen LogP contribution is 2.40. The Labute approximate surface area is 206 Å². The zero-order valence-corrected chi connectivity index (χ0v) is 20.8. The van der Waals surface area contributed by atoms with Crippen LogP contribution >= 0.6 is 0 Å². The standard InChI is InChI=1S/C27H34N4O4/c1-4-29(5-2)26(33)20-11-14-22-24(16-20)31(27(34)23-8-6-7-15-30(22)23)18-25(32)28-17-19-9-12-21(35-3)13-10-19/h9-14,16,23H,4-8,15,17-18H2,1-3H3,(H,28,32)/t23-/m0/s1. The van der Waals surface area contributed by atoms with Gasteiger partial charge in [0.05, 0.1) is 18.5 Å². The SMILES string of the molecule is CCN(CC)C(=O)c1ccc2c(c1)N(CC(=O)NCc1ccc(OC)cc1)C(=O)[C@@H]1CCCCN21. The summed E-state index contributed by atoms with van der Waals surface area (Å²) in [6.45, 7) is 6.17. The zero-order chi connectivity index (χ0) is 24.9. The van der Waals surface area contributed by atoms with E-state index in [0.717, 1.165) is 42.8 Å². The van der Waals surface area contributed by atoms with Crippen molar-refractivity contribution in [2.75, 3.05) is 43.1 Å². The largest absolute Gasteiger partial charge is 0.497 e. The zero-order valence-electron chi connectivity index (χ0n) is 20.8. The number of nitrogens with one attached hydrogen (secondary N) is 1. The van der Waals surface area contributed by atoms with Crippen LogP contribution in [0.2, 0.25) is 0 Å². The normalized spacial score (nSPS) is 16.9. The molecule has 0 spiro atoms. The molecular weight excluding hydrogens is 444 g/mol. The van der Waals surface area contributed by atoms with Gasteiger partial charge in [0.15, 0.2) is 0 Å². The van der Waals surface area contributed by atoms with E-state index in [1.807, 2.05) is 50.2 Å². The Morgan fingerprint density at radius 3 is 2.49 bits per heavy atom. The molecule has 0 aromatic heterocycles. The number of carbonyl (C=O) groups is 3. The fourth-order valence-corrected chi connectivity index (χ4v) is 4.89. The summed E-state index contributed by atoms with van der Waals surface area (Å²) < 4.78 is 5.18. The Balaban J connectivity index is 1.57. The summed E-state index contributed by atoms with van der Waals surface area (Å²) in [5, 5.41) is 2.92. The topological polar surface area (TPSA) is 82.2 Å². The van der Waals surface area contributed by atoms with Gasteiger partial charge in [-0.15, -0.1) is 0 Å². The predicted molar refractivity (Wildman–Crippen MR) is 136 cm³/mol. The number of piperidine rings is 1. The van der Waals surface area contributed by atoms with Gasteiger partial charge in [-0.2, -0.15) is 0 Å². The van der Waals surface area contributed by atoms with Gasteiger partial charge in [-0.1, -0.05) is 12.1 Å². The van der Waals surface area contributed by atoms with Gasteiger partial charge in [0.2, 0.25) is 11.8 Å². The Morgan fingerprint density at radius 1 is 1.06 bits per heavy atom. The van der Waals surface area contributed by atoms with E-state index in [9.17, 15) is 14.4 Å². The van der Waals surface area contributed by atoms with Gasteiger partial charge < -0.3 is 19.9 Å². The van der Waals surface area contributed by atoms with Crippen LogP contribution in [0.1, 0.15) is 49.0 Å². The van der Waals surface area contributed by atoms with E-state index < -0.39 is 0 Å². The molecule has 35 heavy (non-hydrogen) atoms. The Kier molecular flexibility index (Phi) is 7.58. The second-order valence-electron chi connectivity index (χ2n) is 8.94. The molecule has 1 saturated heterocycles. The van der Waals surface area contributed by atoms with Crippen LogP contribution in [0.3, 0.4) is 0 Å². The molecule has 2 aliphatic heterocycles. The summed E-state index contributed by atoms with van der Waals surface area (Å²) in [6, 6.07) is 12.7. The number of rotatable bonds is 8. The van der Waals surface area contributed by atoms with Crippen LogP contribution in [-0.2, 0) is 16.1 Å². The van der Waals surface area contributed by atoms with E-state index in [4.69, 9.17) is 4.74 Å². The van der Waals surface area contributed by atoms with E-state index in [2.05, 4.69) is 10.2 Å². The highest BCUT2D eigenvalue weighted by molar-refractivity contribution is 6.09. The maximum atomic E-state index is 13.5. The molecule has 0 aliphatic carbocycles. The molecule has 3 amide bonds. The molecule has 2 heterocycles. The predicted octanol–water partition coefficient (Wildman–Crippen LogP) is 3.20. The number of ether oxygens (including phenoxy) is 1. The Bertz CT molecular complexity index is 1080. The summed E-state index contributed by atoms with van der Waals surface area (Å²) in [7, 11) is 1.61. The Morgan fingerprint density at radius 2 is 1.80 bits per heavy atom. The maximum Gasteiger partial charge on any atom is 0.253 e. The lowest BCUT2D eigenvalue weighted by Crippen LogP contribution is -2.57. The number of hydrogen-bond acceptors (Lipinski definition) is 5. The lowest BCUT2D eigenvalue weighted by Gasteiger charge is -2.45. The van der Waals surface area contributed by atoms with Gasteiger partial charge in [0.25, 0.3) is 5.91 Å². The van der Waals surface area contributed by atoms with E-state index in [0.29, 0.717) is 30.9 Å². The number of hydrogen-bond donors (Lipinski definition) is 1. The van der Waals surface area contributed by atoms with Crippen LogP contribution in [0.4, 0.5) is 11.4 Å². The van der Waals surface area contributed by atoms with Crippen LogP contribution in [0.5, 0.6) is 5.75 Å². The first-order valence-electron chi connectivity index (χ1n) is 12.4. The van der Waals surface area contributed by atoms with Crippen molar-refractivity contribution in [2.24, 2.45) is 0 Å². The van der Waals surface area contributed by atoms with Crippen molar-refractivity contribution in [3.8, 4) is 5.75 Å². The number of fused-ring (bicyclic) bond motifs is 3. The first kappa shape index (κ1) is 24.6. The minimum atomic E-state index is -0.269. The fraction of sp³-hybridized carbons (Fsp3) is 0.444. The number of methoxy groups -OCH3 is 1. The van der Waals surface area contributed by atoms with Crippen molar-refractivity contribution in [2.45, 2.75) is 45.7 Å². The number of amides is 3. The molecular formula is C27H34N4O4. The summed E-state index contributed by atoms with van der Waals surface area (Å²) in [5.41, 5.74) is 3.01. The van der Waals surface area contributed by atoms with Crippen LogP contribution in [0.25, 0.3) is 0 Å². The summed E-state index contributed by atoms with van der Waals surface area (Å²) >= 11 is 0. The molecule has 8 nitrogen and oxygen atoms in total. The third kappa shape index (κ3) is 5.11. The molecule has 0 bridgehead atoms. The lowest BCUT2D eigenvalue weighted by atomic mass is 9.95.